The highest BCUT2D eigenvalue weighted by atomic mass is 32.2. The summed E-state index contributed by atoms with van der Waals surface area (Å²) < 4.78 is 5.65. The number of nitriles is 1. The van der Waals surface area contributed by atoms with E-state index in [9.17, 15) is 10.1 Å². The lowest BCUT2D eigenvalue weighted by atomic mass is 9.78. The zero-order valence-corrected chi connectivity index (χ0v) is 20.8. The first-order valence-corrected chi connectivity index (χ1v) is 13.1. The van der Waals surface area contributed by atoms with Crippen LogP contribution in [-0.4, -0.2) is 59.7 Å². The first-order valence-electron chi connectivity index (χ1n) is 11.9. The first-order chi connectivity index (χ1) is 16.6. The molecule has 0 aliphatic carbocycles. The normalized spacial score (nSPS) is 17.9. The van der Waals surface area contributed by atoms with E-state index in [0.29, 0.717) is 12.2 Å². The number of ether oxygens (including phenoxy) is 1. The van der Waals surface area contributed by atoms with E-state index in [1.807, 2.05) is 60.6 Å². The molecule has 0 saturated carbocycles. The van der Waals surface area contributed by atoms with Crippen molar-refractivity contribution in [3.8, 4) is 11.8 Å². The van der Waals surface area contributed by atoms with Crippen molar-refractivity contribution < 1.29 is 9.53 Å². The Balaban J connectivity index is 1.31. The van der Waals surface area contributed by atoms with Crippen LogP contribution in [0.1, 0.15) is 43.0 Å². The molecule has 2 aliphatic heterocycles. The number of carbonyl (C=O) groups is 1. The number of thioether (sulfide) groups is 1. The summed E-state index contributed by atoms with van der Waals surface area (Å²) in [5.74, 6) is 0.876. The Kier molecular flexibility index (Phi) is 7.91. The minimum atomic E-state index is 0.0717. The van der Waals surface area contributed by atoms with Crippen LogP contribution in [-0.2, 0) is 11.3 Å². The van der Waals surface area contributed by atoms with Gasteiger partial charge in [0.2, 0.25) is 5.91 Å². The SMILES string of the molecule is CCOc1ccccc1C=CC(=O)N1CCC2(CCN(Cc3ccc(C#N)c(SC)n3)C2)CC1. The predicted octanol–water partition coefficient (Wildman–Crippen LogP) is 4.60. The lowest BCUT2D eigenvalue weighted by molar-refractivity contribution is -0.128. The highest BCUT2D eigenvalue weighted by Crippen LogP contribution is 2.41. The van der Waals surface area contributed by atoms with Crippen LogP contribution in [0.3, 0.4) is 0 Å². The third kappa shape index (κ3) is 5.63. The van der Waals surface area contributed by atoms with Crippen LogP contribution in [0.5, 0.6) is 5.75 Å². The lowest BCUT2D eigenvalue weighted by Gasteiger charge is -2.39. The van der Waals surface area contributed by atoms with Gasteiger partial charge in [0.25, 0.3) is 0 Å². The van der Waals surface area contributed by atoms with Gasteiger partial charge in [-0.2, -0.15) is 5.26 Å². The van der Waals surface area contributed by atoms with Crippen LogP contribution in [0.2, 0.25) is 0 Å². The number of amides is 1. The third-order valence-corrected chi connectivity index (χ3v) is 7.59. The zero-order valence-electron chi connectivity index (χ0n) is 20.0. The molecule has 178 valence electrons. The Morgan fingerprint density at radius 1 is 1.21 bits per heavy atom. The van der Waals surface area contributed by atoms with Crippen LogP contribution in [0.4, 0.5) is 0 Å². The maximum atomic E-state index is 12.8. The van der Waals surface area contributed by atoms with Crippen molar-refractivity contribution in [2.75, 3.05) is 39.0 Å². The van der Waals surface area contributed by atoms with Gasteiger partial charge in [-0.15, -0.1) is 11.8 Å². The maximum Gasteiger partial charge on any atom is 0.246 e. The van der Waals surface area contributed by atoms with Crippen LogP contribution in [0.25, 0.3) is 6.08 Å². The van der Waals surface area contributed by atoms with Crippen molar-refractivity contribution in [3.05, 3.63) is 59.3 Å². The number of hydrogen-bond acceptors (Lipinski definition) is 6. The number of para-hydroxylation sites is 1. The summed E-state index contributed by atoms with van der Waals surface area (Å²) in [6.07, 6.45) is 8.74. The molecule has 3 heterocycles. The number of carbonyl (C=O) groups excluding carboxylic acids is 1. The van der Waals surface area contributed by atoms with E-state index in [0.717, 1.165) is 74.0 Å². The molecule has 0 bridgehead atoms. The van der Waals surface area contributed by atoms with Gasteiger partial charge >= 0.3 is 0 Å². The minimum absolute atomic E-state index is 0.0717. The predicted molar refractivity (Wildman–Crippen MR) is 136 cm³/mol. The third-order valence-electron chi connectivity index (χ3n) is 6.89. The summed E-state index contributed by atoms with van der Waals surface area (Å²) in [7, 11) is 0. The molecule has 1 aromatic heterocycles. The molecule has 1 aromatic carbocycles. The van der Waals surface area contributed by atoms with Crippen LogP contribution in [0.15, 0.2) is 47.5 Å². The molecule has 0 atom stereocenters. The van der Waals surface area contributed by atoms with Gasteiger partial charge in [0.1, 0.15) is 16.8 Å². The molecule has 6 nitrogen and oxygen atoms in total. The number of rotatable bonds is 7. The Labute approximate surface area is 206 Å². The first kappa shape index (κ1) is 24.3. The smallest absolute Gasteiger partial charge is 0.246 e. The number of hydrogen-bond donors (Lipinski definition) is 0. The van der Waals surface area contributed by atoms with Crippen molar-refractivity contribution in [3.63, 3.8) is 0 Å². The van der Waals surface area contributed by atoms with Gasteiger partial charge in [-0.1, -0.05) is 18.2 Å². The second-order valence-electron chi connectivity index (χ2n) is 9.06. The van der Waals surface area contributed by atoms with E-state index in [4.69, 9.17) is 4.74 Å². The quantitative estimate of drug-likeness (QED) is 0.430. The molecule has 0 unspecified atom stereocenters. The molecule has 4 rings (SSSR count). The summed E-state index contributed by atoms with van der Waals surface area (Å²) >= 11 is 1.52. The van der Waals surface area contributed by atoms with Gasteiger partial charge in [0.15, 0.2) is 0 Å². The van der Waals surface area contributed by atoms with E-state index in [2.05, 4.69) is 16.0 Å². The molecule has 1 spiro atoms. The molecule has 1 amide bonds. The van der Waals surface area contributed by atoms with Gasteiger partial charge in [-0.25, -0.2) is 4.98 Å². The number of nitrogens with zero attached hydrogens (tertiary/aromatic N) is 4. The molecular weight excluding hydrogens is 444 g/mol. The van der Waals surface area contributed by atoms with E-state index in [1.165, 1.54) is 11.8 Å². The van der Waals surface area contributed by atoms with Crippen LogP contribution in [0, 0.1) is 16.7 Å². The van der Waals surface area contributed by atoms with E-state index >= 15 is 0 Å². The standard InChI is InChI=1S/C27H32N4O2S/c1-3-33-24-7-5-4-6-21(24)9-11-25(32)31-16-13-27(14-17-31)12-15-30(20-27)19-23-10-8-22(18-28)26(29-23)34-2/h4-11H,3,12-17,19-20H2,1-2H3. The highest BCUT2D eigenvalue weighted by molar-refractivity contribution is 7.98. The fourth-order valence-electron chi connectivity index (χ4n) is 4.98. The topological polar surface area (TPSA) is 69.5 Å². The number of piperidine rings is 1. The average Bonchev–Trinajstić information content (AvgIpc) is 3.25. The van der Waals surface area contributed by atoms with Gasteiger partial charge in [0, 0.05) is 37.8 Å². The lowest BCUT2D eigenvalue weighted by Crippen LogP contribution is -2.43. The molecule has 2 aliphatic rings. The number of benzene rings is 1. The monoisotopic (exact) mass is 476 g/mol. The van der Waals surface area contributed by atoms with Gasteiger partial charge in [0.05, 0.1) is 17.9 Å². The van der Waals surface area contributed by atoms with Gasteiger partial charge < -0.3 is 9.64 Å². The second-order valence-corrected chi connectivity index (χ2v) is 9.86. The summed E-state index contributed by atoms with van der Waals surface area (Å²) in [6, 6.07) is 13.9. The molecule has 2 fully saturated rings. The highest BCUT2D eigenvalue weighted by Gasteiger charge is 2.41. The average molecular weight is 477 g/mol. The van der Waals surface area contributed by atoms with Crippen LogP contribution < -0.4 is 4.74 Å². The Morgan fingerprint density at radius 2 is 1.97 bits per heavy atom. The van der Waals surface area contributed by atoms with Gasteiger partial charge in [-0.3, -0.25) is 9.69 Å². The molecule has 0 N–H and O–H groups in total. The second kappa shape index (κ2) is 11.1. The van der Waals surface area contributed by atoms with E-state index < -0.39 is 0 Å². The number of aromatic nitrogens is 1. The largest absolute Gasteiger partial charge is 0.493 e. The van der Waals surface area contributed by atoms with E-state index in [-0.39, 0.29) is 11.3 Å². The fourth-order valence-corrected chi connectivity index (χ4v) is 5.52. The summed E-state index contributed by atoms with van der Waals surface area (Å²) in [5.41, 5.74) is 2.88. The minimum Gasteiger partial charge on any atom is -0.493 e. The summed E-state index contributed by atoms with van der Waals surface area (Å²) in [5, 5.41) is 10.0. The Bertz CT molecular complexity index is 1090. The fraction of sp³-hybridized carbons (Fsp3) is 0.444. The zero-order chi connectivity index (χ0) is 24.0. The summed E-state index contributed by atoms with van der Waals surface area (Å²) in [4.78, 5) is 21.9. The molecular formula is C27H32N4O2S. The van der Waals surface area contributed by atoms with Crippen molar-refractivity contribution in [1.82, 2.24) is 14.8 Å². The molecule has 2 aromatic rings. The van der Waals surface area contributed by atoms with E-state index in [1.54, 1.807) is 6.08 Å². The molecule has 0 radical (unpaired) electrons. The molecule has 34 heavy (non-hydrogen) atoms. The number of likely N-dealkylation sites (tertiary alicyclic amines) is 2. The van der Waals surface area contributed by atoms with Crippen molar-refractivity contribution >= 4 is 23.7 Å². The van der Waals surface area contributed by atoms with Gasteiger partial charge in [-0.05, 0) is 68.7 Å². The van der Waals surface area contributed by atoms with Crippen molar-refractivity contribution in [2.24, 2.45) is 5.41 Å². The van der Waals surface area contributed by atoms with Crippen molar-refractivity contribution in [1.29, 1.82) is 5.26 Å². The maximum absolute atomic E-state index is 12.8. The summed E-state index contributed by atoms with van der Waals surface area (Å²) in [6.45, 7) is 7.07. The number of pyridine rings is 1. The molecule has 2 saturated heterocycles. The molecule has 7 heteroatoms. The van der Waals surface area contributed by atoms with Crippen molar-refractivity contribution in [2.45, 2.75) is 37.8 Å². The van der Waals surface area contributed by atoms with Crippen LogP contribution >= 0.6 is 11.8 Å². The Morgan fingerprint density at radius 3 is 2.71 bits per heavy atom. The Hall–Kier alpha value is -2.82.